The average molecular weight is 304 g/mol. The largest absolute Gasteiger partial charge is 0.493 e. The molecule has 0 atom stereocenters. The molecule has 1 rings (SSSR count). The van der Waals surface area contributed by atoms with Crippen molar-refractivity contribution in [1.29, 1.82) is 0 Å². The molecule has 0 spiro atoms. The van der Waals surface area contributed by atoms with Crippen LogP contribution in [0.2, 0.25) is 0 Å². The predicted molar refractivity (Wildman–Crippen MR) is 70.5 cm³/mol. The highest BCUT2D eigenvalue weighted by Gasteiger charge is 2.17. The second-order valence-corrected chi connectivity index (χ2v) is 4.30. The zero-order valence-corrected chi connectivity index (χ0v) is 12.2. The van der Waals surface area contributed by atoms with Gasteiger partial charge in [-0.25, -0.2) is 0 Å². The molecule has 1 N–H and O–H groups in total. The molecule has 0 aliphatic heterocycles. The van der Waals surface area contributed by atoms with Gasteiger partial charge in [0.2, 0.25) is 0 Å². The van der Waals surface area contributed by atoms with Gasteiger partial charge < -0.3 is 14.3 Å². The molecule has 0 heterocycles. The van der Waals surface area contributed by atoms with Crippen LogP contribution in [0, 0.1) is 0 Å². The Morgan fingerprint density at radius 1 is 1.18 bits per heavy atom. The van der Waals surface area contributed by atoms with Crippen LogP contribution in [0.1, 0.15) is 18.1 Å². The molecule has 0 unspecified atom stereocenters. The van der Waals surface area contributed by atoms with Crippen LogP contribution in [-0.4, -0.2) is 21.3 Å². The van der Waals surface area contributed by atoms with Gasteiger partial charge in [0.1, 0.15) is 0 Å². The fourth-order valence-electron chi connectivity index (χ4n) is 1.80. The molecule has 4 nitrogen and oxygen atoms in total. The lowest BCUT2D eigenvalue weighted by molar-refractivity contribution is 0.0864. The van der Waals surface area contributed by atoms with Gasteiger partial charge in [0.25, 0.3) is 0 Å². The molecule has 0 aliphatic rings. The van der Waals surface area contributed by atoms with E-state index in [1.54, 1.807) is 21.3 Å². The van der Waals surface area contributed by atoms with Crippen molar-refractivity contribution < 1.29 is 14.3 Å². The fraction of sp³-hybridized carbons (Fsp3) is 0.500. The molecule has 0 aromatic heterocycles. The summed E-state index contributed by atoms with van der Waals surface area (Å²) in [5.74, 6) is 1.50. The lowest BCUT2D eigenvalue weighted by Crippen LogP contribution is -2.13. The molecule has 0 amide bonds. The minimum atomic E-state index is 0.624. The summed E-state index contributed by atoms with van der Waals surface area (Å²) in [6, 6.07) is 2.02. The number of benzene rings is 1. The summed E-state index contributed by atoms with van der Waals surface area (Å²) in [6.45, 7) is 2.71. The Labute approximate surface area is 110 Å². The van der Waals surface area contributed by atoms with Crippen LogP contribution in [0.15, 0.2) is 10.5 Å². The Morgan fingerprint density at radius 3 is 2.29 bits per heavy atom. The van der Waals surface area contributed by atoms with Crippen LogP contribution >= 0.6 is 15.9 Å². The van der Waals surface area contributed by atoms with Gasteiger partial charge in [-0.15, -0.1) is 0 Å². The smallest absolute Gasteiger partial charge is 0.175 e. The molecular weight excluding hydrogens is 286 g/mol. The van der Waals surface area contributed by atoms with E-state index >= 15 is 0 Å². The van der Waals surface area contributed by atoms with Gasteiger partial charge in [-0.05, 0) is 34.0 Å². The molecule has 0 radical (unpaired) electrons. The van der Waals surface area contributed by atoms with Crippen molar-refractivity contribution in [2.24, 2.45) is 0 Å². The van der Waals surface area contributed by atoms with E-state index in [2.05, 4.69) is 28.3 Å². The first-order valence-corrected chi connectivity index (χ1v) is 6.16. The highest BCUT2D eigenvalue weighted by Crippen LogP contribution is 2.40. The summed E-state index contributed by atoms with van der Waals surface area (Å²) in [5.41, 5.74) is 5.08. The Morgan fingerprint density at radius 2 is 1.82 bits per heavy atom. The maximum Gasteiger partial charge on any atom is 0.175 e. The molecule has 17 heavy (non-hydrogen) atoms. The number of nitrogens with one attached hydrogen (secondary N) is 1. The van der Waals surface area contributed by atoms with Gasteiger partial charge in [0.05, 0.1) is 25.8 Å². The number of halogens is 1. The minimum absolute atomic E-state index is 0.624. The van der Waals surface area contributed by atoms with Gasteiger partial charge in [-0.2, -0.15) is 5.48 Å². The normalized spacial score (nSPS) is 10.4. The summed E-state index contributed by atoms with van der Waals surface area (Å²) in [7, 11) is 4.88. The third-order valence-electron chi connectivity index (χ3n) is 2.55. The minimum Gasteiger partial charge on any atom is -0.493 e. The SMILES string of the molecule is CCc1c(CNOC)cc(Br)c(OC)c1OC. The lowest BCUT2D eigenvalue weighted by atomic mass is 10.0. The molecule has 1 aromatic carbocycles. The van der Waals surface area contributed by atoms with Crippen LogP contribution in [0.4, 0.5) is 0 Å². The van der Waals surface area contributed by atoms with Crippen molar-refractivity contribution in [2.75, 3.05) is 21.3 Å². The molecule has 96 valence electrons. The van der Waals surface area contributed by atoms with E-state index in [9.17, 15) is 0 Å². The van der Waals surface area contributed by atoms with Gasteiger partial charge >= 0.3 is 0 Å². The highest BCUT2D eigenvalue weighted by atomic mass is 79.9. The zero-order chi connectivity index (χ0) is 12.8. The van der Waals surface area contributed by atoms with Crippen molar-refractivity contribution in [2.45, 2.75) is 19.9 Å². The number of rotatable bonds is 6. The maximum atomic E-state index is 5.44. The van der Waals surface area contributed by atoms with E-state index in [-0.39, 0.29) is 0 Å². The first kappa shape index (κ1) is 14.3. The number of ether oxygens (including phenoxy) is 2. The van der Waals surface area contributed by atoms with Gasteiger partial charge in [0.15, 0.2) is 11.5 Å². The van der Waals surface area contributed by atoms with Crippen molar-refractivity contribution in [3.8, 4) is 11.5 Å². The molecule has 0 fully saturated rings. The van der Waals surface area contributed by atoms with Crippen LogP contribution in [0.25, 0.3) is 0 Å². The first-order chi connectivity index (χ1) is 8.19. The molecular formula is C12H18BrNO3. The van der Waals surface area contributed by atoms with E-state index < -0.39 is 0 Å². The Hall–Kier alpha value is -0.780. The Kier molecular flexibility index (Phi) is 5.74. The Balaban J connectivity index is 3.26. The summed E-state index contributed by atoms with van der Waals surface area (Å²) in [6.07, 6.45) is 0.869. The van der Waals surface area contributed by atoms with Crippen LogP contribution in [0.3, 0.4) is 0 Å². The predicted octanol–water partition coefficient (Wildman–Crippen LogP) is 2.68. The summed E-state index contributed by atoms with van der Waals surface area (Å²) < 4.78 is 11.7. The topological polar surface area (TPSA) is 39.7 Å². The van der Waals surface area contributed by atoms with E-state index in [1.807, 2.05) is 6.07 Å². The highest BCUT2D eigenvalue weighted by molar-refractivity contribution is 9.10. The molecule has 0 bridgehead atoms. The monoisotopic (exact) mass is 303 g/mol. The van der Waals surface area contributed by atoms with E-state index in [0.29, 0.717) is 6.54 Å². The van der Waals surface area contributed by atoms with E-state index in [0.717, 1.165) is 33.5 Å². The van der Waals surface area contributed by atoms with Crippen molar-refractivity contribution in [3.05, 3.63) is 21.7 Å². The van der Waals surface area contributed by atoms with Gasteiger partial charge in [0, 0.05) is 12.1 Å². The number of methoxy groups -OCH3 is 2. The second kappa shape index (κ2) is 6.83. The zero-order valence-electron chi connectivity index (χ0n) is 10.6. The first-order valence-electron chi connectivity index (χ1n) is 5.37. The van der Waals surface area contributed by atoms with Crippen LogP contribution < -0.4 is 15.0 Å². The standard InChI is InChI=1S/C12H18BrNO3/c1-5-9-8(7-14-17-4)6-10(13)12(16-3)11(9)15-2/h6,14H,5,7H2,1-4H3. The average Bonchev–Trinajstić information content (AvgIpc) is 2.35. The molecule has 0 saturated heterocycles. The molecule has 5 heteroatoms. The number of hydrogen-bond donors (Lipinski definition) is 1. The second-order valence-electron chi connectivity index (χ2n) is 3.44. The fourth-order valence-corrected chi connectivity index (χ4v) is 2.42. The molecule has 0 aliphatic carbocycles. The third-order valence-corrected chi connectivity index (χ3v) is 3.14. The van der Waals surface area contributed by atoms with E-state index in [1.165, 1.54) is 0 Å². The maximum absolute atomic E-state index is 5.44. The number of hydrogen-bond acceptors (Lipinski definition) is 4. The van der Waals surface area contributed by atoms with Crippen molar-refractivity contribution in [1.82, 2.24) is 5.48 Å². The lowest BCUT2D eigenvalue weighted by Gasteiger charge is -2.17. The van der Waals surface area contributed by atoms with E-state index in [4.69, 9.17) is 14.3 Å². The quantitative estimate of drug-likeness (QED) is 0.820. The molecule has 1 aromatic rings. The number of hydroxylamine groups is 1. The van der Waals surface area contributed by atoms with Crippen molar-refractivity contribution in [3.63, 3.8) is 0 Å². The van der Waals surface area contributed by atoms with Crippen LogP contribution in [-0.2, 0) is 17.8 Å². The summed E-state index contributed by atoms with van der Waals surface area (Å²) in [5, 5.41) is 0. The van der Waals surface area contributed by atoms with Gasteiger partial charge in [-0.3, -0.25) is 0 Å². The molecule has 0 saturated carbocycles. The summed E-state index contributed by atoms with van der Waals surface area (Å²) in [4.78, 5) is 4.88. The third kappa shape index (κ3) is 3.12. The summed E-state index contributed by atoms with van der Waals surface area (Å²) >= 11 is 3.48. The van der Waals surface area contributed by atoms with Crippen molar-refractivity contribution >= 4 is 15.9 Å². The van der Waals surface area contributed by atoms with Crippen LogP contribution in [0.5, 0.6) is 11.5 Å². The van der Waals surface area contributed by atoms with Gasteiger partial charge in [-0.1, -0.05) is 6.92 Å². The Bertz CT molecular complexity index is 383.